The van der Waals surface area contributed by atoms with Crippen LogP contribution in [0.1, 0.15) is 35.8 Å². The minimum atomic E-state index is -1.27. The molecule has 2 rings (SSSR count). The first kappa shape index (κ1) is 15.0. The zero-order valence-electron chi connectivity index (χ0n) is 12.1. The van der Waals surface area contributed by atoms with E-state index >= 15 is 0 Å². The summed E-state index contributed by atoms with van der Waals surface area (Å²) in [5.41, 5.74) is 0.545. The van der Waals surface area contributed by atoms with Crippen LogP contribution in [0.5, 0.6) is 0 Å². The van der Waals surface area contributed by atoms with Crippen molar-refractivity contribution in [2.75, 3.05) is 0 Å². The Labute approximate surface area is 121 Å². The highest BCUT2D eigenvalue weighted by Gasteiger charge is 2.17. The van der Waals surface area contributed by atoms with Crippen molar-refractivity contribution in [1.82, 2.24) is 4.57 Å². The van der Waals surface area contributed by atoms with E-state index in [0.29, 0.717) is 11.1 Å². The molecule has 0 radical (unpaired) electrons. The number of rotatable bonds is 3. The van der Waals surface area contributed by atoms with Gasteiger partial charge in [0, 0.05) is 24.0 Å². The predicted octanol–water partition coefficient (Wildman–Crippen LogP) is 3.24. The molecule has 0 aliphatic rings. The molecule has 0 atom stereocenters. The van der Waals surface area contributed by atoms with Gasteiger partial charge in [0.1, 0.15) is 11.4 Å². The lowest BCUT2D eigenvalue weighted by atomic mass is 10.00. The second kappa shape index (κ2) is 5.52. The van der Waals surface area contributed by atoms with Gasteiger partial charge in [0.2, 0.25) is 5.43 Å². The fourth-order valence-corrected chi connectivity index (χ4v) is 2.17. The van der Waals surface area contributed by atoms with Gasteiger partial charge in [-0.25, -0.2) is 9.18 Å². The Balaban J connectivity index is 2.78. The molecule has 5 heteroatoms. The maximum absolute atomic E-state index is 13.2. The number of nitrogens with zero attached hydrogens (tertiary/aromatic N) is 1. The first-order valence-electron chi connectivity index (χ1n) is 6.57. The van der Waals surface area contributed by atoms with Crippen LogP contribution in [0.3, 0.4) is 0 Å². The summed E-state index contributed by atoms with van der Waals surface area (Å²) in [4.78, 5) is 23.6. The number of benzene rings is 1. The van der Waals surface area contributed by atoms with Gasteiger partial charge in [0.25, 0.3) is 0 Å². The lowest BCUT2D eigenvalue weighted by Crippen LogP contribution is -2.20. The molecule has 0 aliphatic carbocycles. The van der Waals surface area contributed by atoms with E-state index < -0.39 is 17.2 Å². The number of carboxylic acids is 1. The Morgan fingerprint density at radius 2 is 1.90 bits per heavy atom. The fraction of sp³-hybridized carbons (Fsp3) is 0.250. The Kier molecular flexibility index (Phi) is 3.93. The van der Waals surface area contributed by atoms with Gasteiger partial charge in [-0.3, -0.25) is 4.79 Å². The summed E-state index contributed by atoms with van der Waals surface area (Å²) in [6, 6.07) is 4.08. The SMILES string of the molecule is Cc1cc(F)ccc1-c1cn(C(C)C)cc(C(=O)O)c1=O. The molecule has 1 aromatic heterocycles. The normalized spacial score (nSPS) is 10.9. The largest absolute Gasteiger partial charge is 0.477 e. The summed E-state index contributed by atoms with van der Waals surface area (Å²) in [6.07, 6.45) is 2.94. The second-order valence-corrected chi connectivity index (χ2v) is 5.22. The summed E-state index contributed by atoms with van der Waals surface area (Å²) >= 11 is 0. The molecule has 1 aromatic carbocycles. The van der Waals surface area contributed by atoms with Crippen molar-refractivity contribution in [3.8, 4) is 11.1 Å². The summed E-state index contributed by atoms with van der Waals surface area (Å²) in [7, 11) is 0. The average molecular weight is 289 g/mol. The van der Waals surface area contributed by atoms with E-state index in [9.17, 15) is 19.1 Å². The third-order valence-electron chi connectivity index (χ3n) is 3.35. The van der Waals surface area contributed by atoms with Gasteiger partial charge >= 0.3 is 5.97 Å². The predicted molar refractivity (Wildman–Crippen MR) is 78.2 cm³/mol. The smallest absolute Gasteiger partial charge is 0.341 e. The molecule has 0 fully saturated rings. The van der Waals surface area contributed by atoms with Gasteiger partial charge < -0.3 is 9.67 Å². The number of aromatic carboxylic acids is 1. The van der Waals surface area contributed by atoms with Crippen LogP contribution in [0.25, 0.3) is 11.1 Å². The van der Waals surface area contributed by atoms with Crippen LogP contribution in [-0.4, -0.2) is 15.6 Å². The molecule has 0 saturated carbocycles. The van der Waals surface area contributed by atoms with Crippen molar-refractivity contribution in [2.24, 2.45) is 0 Å². The van der Waals surface area contributed by atoms with E-state index in [0.717, 1.165) is 0 Å². The summed E-state index contributed by atoms with van der Waals surface area (Å²) in [5.74, 6) is -1.66. The molecular weight excluding hydrogens is 273 g/mol. The second-order valence-electron chi connectivity index (χ2n) is 5.22. The molecule has 0 spiro atoms. The van der Waals surface area contributed by atoms with Gasteiger partial charge in [-0.2, -0.15) is 0 Å². The van der Waals surface area contributed by atoms with Gasteiger partial charge in [0.15, 0.2) is 0 Å². The highest BCUT2D eigenvalue weighted by molar-refractivity contribution is 5.89. The van der Waals surface area contributed by atoms with Crippen molar-refractivity contribution in [3.05, 3.63) is 57.8 Å². The van der Waals surface area contributed by atoms with E-state index in [4.69, 9.17) is 0 Å². The number of halogens is 1. The highest BCUT2D eigenvalue weighted by Crippen LogP contribution is 2.22. The molecule has 4 nitrogen and oxygen atoms in total. The van der Waals surface area contributed by atoms with Gasteiger partial charge in [-0.15, -0.1) is 0 Å². The number of hydrogen-bond acceptors (Lipinski definition) is 2. The van der Waals surface area contributed by atoms with E-state index in [-0.39, 0.29) is 17.2 Å². The first-order valence-corrected chi connectivity index (χ1v) is 6.57. The third kappa shape index (κ3) is 2.86. The van der Waals surface area contributed by atoms with Crippen LogP contribution in [0.15, 0.2) is 35.4 Å². The Bertz CT molecular complexity index is 763. The molecule has 1 heterocycles. The van der Waals surface area contributed by atoms with Crippen molar-refractivity contribution in [2.45, 2.75) is 26.8 Å². The number of carboxylic acid groups (broad SMARTS) is 1. The van der Waals surface area contributed by atoms with Crippen molar-refractivity contribution in [1.29, 1.82) is 0 Å². The van der Waals surface area contributed by atoms with Crippen LogP contribution < -0.4 is 5.43 Å². The molecule has 2 aromatic rings. The van der Waals surface area contributed by atoms with Crippen LogP contribution in [0, 0.1) is 12.7 Å². The molecular formula is C16H16FNO3. The highest BCUT2D eigenvalue weighted by atomic mass is 19.1. The van der Waals surface area contributed by atoms with E-state index in [1.54, 1.807) is 17.7 Å². The zero-order valence-corrected chi connectivity index (χ0v) is 12.1. The van der Waals surface area contributed by atoms with Crippen LogP contribution >= 0.6 is 0 Å². The van der Waals surface area contributed by atoms with E-state index in [1.807, 2.05) is 13.8 Å². The Hall–Kier alpha value is -2.43. The minimum absolute atomic E-state index is 0.00297. The average Bonchev–Trinajstić information content (AvgIpc) is 2.39. The standard InChI is InChI=1S/C16H16FNO3/c1-9(2)18-7-13(15(19)14(8-18)16(20)21)12-5-4-11(17)6-10(12)3/h4-9H,1-3H3,(H,20,21). The summed E-state index contributed by atoms with van der Waals surface area (Å²) < 4.78 is 14.9. The lowest BCUT2D eigenvalue weighted by molar-refractivity contribution is 0.0694. The minimum Gasteiger partial charge on any atom is -0.477 e. The molecule has 0 unspecified atom stereocenters. The maximum Gasteiger partial charge on any atom is 0.341 e. The first-order chi connectivity index (χ1) is 9.81. The molecule has 0 saturated heterocycles. The lowest BCUT2D eigenvalue weighted by Gasteiger charge is -2.15. The van der Waals surface area contributed by atoms with Crippen LogP contribution in [0.4, 0.5) is 4.39 Å². The van der Waals surface area contributed by atoms with Gasteiger partial charge in [-0.1, -0.05) is 6.07 Å². The fourth-order valence-electron chi connectivity index (χ4n) is 2.17. The van der Waals surface area contributed by atoms with Crippen molar-refractivity contribution in [3.63, 3.8) is 0 Å². The summed E-state index contributed by atoms with van der Waals surface area (Å²) in [5, 5.41) is 9.18. The molecule has 0 amide bonds. The third-order valence-corrected chi connectivity index (χ3v) is 3.35. The van der Waals surface area contributed by atoms with E-state index in [1.165, 1.54) is 24.4 Å². The van der Waals surface area contributed by atoms with Gasteiger partial charge in [0.05, 0.1) is 0 Å². The number of aromatic nitrogens is 1. The number of aryl methyl sites for hydroxylation is 1. The number of pyridine rings is 1. The number of carbonyl (C=O) groups is 1. The molecule has 21 heavy (non-hydrogen) atoms. The molecule has 0 bridgehead atoms. The van der Waals surface area contributed by atoms with Crippen LogP contribution in [-0.2, 0) is 0 Å². The molecule has 0 aliphatic heterocycles. The quantitative estimate of drug-likeness (QED) is 0.943. The Morgan fingerprint density at radius 1 is 1.24 bits per heavy atom. The molecule has 110 valence electrons. The number of hydrogen-bond donors (Lipinski definition) is 1. The van der Waals surface area contributed by atoms with E-state index in [2.05, 4.69) is 0 Å². The van der Waals surface area contributed by atoms with Crippen molar-refractivity contribution >= 4 is 5.97 Å². The van der Waals surface area contributed by atoms with Crippen LogP contribution in [0.2, 0.25) is 0 Å². The maximum atomic E-state index is 13.2. The summed E-state index contributed by atoms with van der Waals surface area (Å²) in [6.45, 7) is 5.46. The Morgan fingerprint density at radius 3 is 2.43 bits per heavy atom. The van der Waals surface area contributed by atoms with Gasteiger partial charge in [-0.05, 0) is 44.0 Å². The van der Waals surface area contributed by atoms with Crippen molar-refractivity contribution < 1.29 is 14.3 Å². The monoisotopic (exact) mass is 289 g/mol. The zero-order chi connectivity index (χ0) is 15.7. The topological polar surface area (TPSA) is 59.3 Å². The molecule has 1 N–H and O–H groups in total.